The van der Waals surface area contributed by atoms with E-state index in [9.17, 15) is 17.6 Å². The minimum absolute atomic E-state index is 0.0148. The van der Waals surface area contributed by atoms with Crippen molar-refractivity contribution >= 4 is 21.5 Å². The van der Waals surface area contributed by atoms with Gasteiger partial charge in [-0.1, -0.05) is 18.7 Å². The second-order valence-corrected chi connectivity index (χ2v) is 8.19. The normalized spacial score (nSPS) is 22.5. The van der Waals surface area contributed by atoms with Crippen molar-refractivity contribution in [3.63, 3.8) is 0 Å². The van der Waals surface area contributed by atoms with Gasteiger partial charge in [-0.25, -0.2) is 12.8 Å². The van der Waals surface area contributed by atoms with Gasteiger partial charge in [0.05, 0.1) is 17.1 Å². The summed E-state index contributed by atoms with van der Waals surface area (Å²) in [5.41, 5.74) is 0.826. The summed E-state index contributed by atoms with van der Waals surface area (Å²) in [6, 6.07) is 3.77. The topological polar surface area (TPSA) is 63.7 Å². The lowest BCUT2D eigenvalue weighted by atomic mass is 10.2. The third-order valence-corrected chi connectivity index (χ3v) is 6.38. The molecule has 1 atom stereocenters. The average Bonchev–Trinajstić information content (AvgIpc) is 3.06. The summed E-state index contributed by atoms with van der Waals surface area (Å²) in [4.78, 5) is 11.9. The van der Waals surface area contributed by atoms with Crippen LogP contribution in [0.4, 0.5) is 10.1 Å². The van der Waals surface area contributed by atoms with Crippen LogP contribution in [0.5, 0.6) is 5.75 Å². The highest BCUT2D eigenvalue weighted by atomic mass is 32.2. The van der Waals surface area contributed by atoms with E-state index in [1.54, 1.807) is 13.0 Å². The summed E-state index contributed by atoms with van der Waals surface area (Å²) in [7, 11) is -3.78. The molecule has 1 aliphatic carbocycles. The Hall–Kier alpha value is -2.41. The number of carbonyl (C=O) groups excluding carboxylic acids is 1. The Bertz CT molecular complexity index is 917. The highest BCUT2D eigenvalue weighted by molar-refractivity contribution is 7.97. The number of carbonyl (C=O) groups is 1. The van der Waals surface area contributed by atoms with Crippen LogP contribution in [-0.4, -0.2) is 26.8 Å². The molecule has 138 valence electrons. The summed E-state index contributed by atoms with van der Waals surface area (Å²) in [6.45, 7) is 5.38. The summed E-state index contributed by atoms with van der Waals surface area (Å²) < 4.78 is 46.4. The molecule has 0 N–H and O–H groups in total. The van der Waals surface area contributed by atoms with Crippen molar-refractivity contribution in [2.24, 2.45) is 0 Å². The quantitative estimate of drug-likeness (QED) is 0.737. The minimum Gasteiger partial charge on any atom is -0.482 e. The van der Waals surface area contributed by atoms with Crippen molar-refractivity contribution in [3.8, 4) is 5.75 Å². The van der Waals surface area contributed by atoms with Crippen LogP contribution in [0.25, 0.3) is 0 Å². The van der Waals surface area contributed by atoms with Gasteiger partial charge in [0, 0.05) is 18.6 Å². The van der Waals surface area contributed by atoms with Crippen LogP contribution in [0.2, 0.25) is 0 Å². The number of anilines is 1. The van der Waals surface area contributed by atoms with Crippen molar-refractivity contribution in [3.05, 3.63) is 59.3 Å². The lowest BCUT2D eigenvalue weighted by Gasteiger charge is -2.20. The molecule has 1 aromatic carbocycles. The molecule has 0 radical (unpaired) electrons. The average molecular weight is 377 g/mol. The van der Waals surface area contributed by atoms with Gasteiger partial charge in [-0.3, -0.25) is 9.10 Å². The highest BCUT2D eigenvalue weighted by Gasteiger charge is 2.35. The van der Waals surface area contributed by atoms with Gasteiger partial charge < -0.3 is 4.74 Å². The van der Waals surface area contributed by atoms with Crippen LogP contribution in [0.3, 0.4) is 0 Å². The molecule has 1 aliphatic heterocycles. The van der Waals surface area contributed by atoms with Crippen molar-refractivity contribution in [2.75, 3.05) is 10.8 Å². The first-order valence-electron chi connectivity index (χ1n) is 8.34. The summed E-state index contributed by atoms with van der Waals surface area (Å²) in [6.07, 6.45) is 5.71. The predicted octanol–water partition coefficient (Wildman–Crippen LogP) is 3.49. The van der Waals surface area contributed by atoms with E-state index in [1.807, 2.05) is 0 Å². The fourth-order valence-corrected chi connectivity index (χ4v) is 4.90. The Kier molecular flexibility index (Phi) is 5.00. The summed E-state index contributed by atoms with van der Waals surface area (Å²) >= 11 is 0. The number of hydrogen-bond acceptors (Lipinski definition) is 4. The second-order valence-electron chi connectivity index (χ2n) is 6.36. The monoisotopic (exact) mass is 377 g/mol. The smallest absolute Gasteiger partial charge is 0.264 e. The number of sulfonamides is 1. The molecule has 5 nitrogen and oxygen atoms in total. The van der Waals surface area contributed by atoms with Crippen LogP contribution in [0, 0.1) is 5.82 Å². The largest absolute Gasteiger partial charge is 0.482 e. The molecule has 0 bridgehead atoms. The number of benzene rings is 1. The molecule has 0 saturated heterocycles. The van der Waals surface area contributed by atoms with Gasteiger partial charge in [0.25, 0.3) is 10.0 Å². The van der Waals surface area contributed by atoms with E-state index in [4.69, 9.17) is 4.74 Å². The Labute approximate surface area is 152 Å². The molecule has 3 rings (SSSR count). The van der Waals surface area contributed by atoms with Crippen LogP contribution in [-0.2, 0) is 14.8 Å². The third-order valence-electron chi connectivity index (χ3n) is 4.42. The number of ketones is 1. The zero-order valence-electron chi connectivity index (χ0n) is 14.4. The first-order valence-corrected chi connectivity index (χ1v) is 9.78. The van der Waals surface area contributed by atoms with E-state index in [2.05, 4.69) is 6.58 Å². The fraction of sp³-hybridized carbons (Fsp3) is 0.316. The Morgan fingerprint density at radius 2 is 2.12 bits per heavy atom. The zero-order chi connectivity index (χ0) is 18.9. The third kappa shape index (κ3) is 3.44. The van der Waals surface area contributed by atoms with Crippen molar-refractivity contribution in [1.29, 1.82) is 0 Å². The molecule has 1 saturated carbocycles. The summed E-state index contributed by atoms with van der Waals surface area (Å²) in [5.74, 6) is -0.479. The zero-order valence-corrected chi connectivity index (χ0v) is 15.3. The lowest BCUT2D eigenvalue weighted by molar-refractivity contribution is -0.123. The van der Waals surface area contributed by atoms with Gasteiger partial charge in [-0.15, -0.1) is 0 Å². The van der Waals surface area contributed by atoms with E-state index < -0.39 is 21.9 Å². The number of nitrogens with zero attached hydrogens (tertiary/aromatic N) is 1. The van der Waals surface area contributed by atoms with Crippen LogP contribution in [0.15, 0.2) is 53.5 Å². The molecule has 1 heterocycles. The van der Waals surface area contributed by atoms with E-state index in [1.165, 1.54) is 18.2 Å². The van der Waals surface area contributed by atoms with Gasteiger partial charge in [0.2, 0.25) is 0 Å². The second kappa shape index (κ2) is 7.07. The molecule has 2 aliphatic rings. The SMILES string of the molecule is C=CC=CC1=C(C)CN(c2cc(F)cc(OC3CCCC3=O)c2)S1(=O)=O. The maximum Gasteiger partial charge on any atom is 0.264 e. The maximum absolute atomic E-state index is 14.1. The highest BCUT2D eigenvalue weighted by Crippen LogP contribution is 2.35. The molecule has 1 unspecified atom stereocenters. The van der Waals surface area contributed by atoms with Gasteiger partial charge in [-0.05, 0) is 37.5 Å². The molecule has 0 aromatic heterocycles. The van der Waals surface area contributed by atoms with Crippen molar-refractivity contribution < 1.29 is 22.3 Å². The Morgan fingerprint density at radius 1 is 1.35 bits per heavy atom. The predicted molar refractivity (Wildman–Crippen MR) is 98.0 cm³/mol. The summed E-state index contributed by atoms with van der Waals surface area (Å²) in [5, 5.41) is 0. The van der Waals surface area contributed by atoms with Gasteiger partial charge in [0.15, 0.2) is 11.9 Å². The molecule has 0 spiro atoms. The number of ether oxygens (including phenoxy) is 1. The molecular weight excluding hydrogens is 357 g/mol. The van der Waals surface area contributed by atoms with Crippen molar-refractivity contribution in [1.82, 2.24) is 0 Å². The number of hydrogen-bond donors (Lipinski definition) is 0. The molecule has 26 heavy (non-hydrogen) atoms. The Balaban J connectivity index is 1.91. The number of rotatable bonds is 5. The first kappa shape index (κ1) is 18.4. The molecule has 0 amide bonds. The molecule has 1 aromatic rings. The van der Waals surface area contributed by atoms with Gasteiger partial charge in [-0.2, -0.15) is 0 Å². The van der Waals surface area contributed by atoms with Crippen LogP contribution >= 0.6 is 0 Å². The first-order chi connectivity index (χ1) is 12.3. The van der Waals surface area contributed by atoms with Crippen molar-refractivity contribution in [2.45, 2.75) is 32.3 Å². The standard InChI is InChI=1S/C19H20FNO4S/c1-3-4-8-19-13(2)12-21(26(19,23)24)15-9-14(20)10-16(11-15)25-18-7-5-6-17(18)22/h3-4,8-11,18H,1,5-7,12H2,2H3. The van der Waals surface area contributed by atoms with Gasteiger partial charge in [0.1, 0.15) is 11.6 Å². The molecule has 7 heteroatoms. The number of halogens is 1. The van der Waals surface area contributed by atoms with Crippen LogP contribution < -0.4 is 9.04 Å². The maximum atomic E-state index is 14.1. The lowest BCUT2D eigenvalue weighted by Crippen LogP contribution is -2.27. The van der Waals surface area contributed by atoms with E-state index in [0.29, 0.717) is 18.4 Å². The minimum atomic E-state index is -3.78. The number of allylic oxidation sites excluding steroid dienone is 3. The van der Waals surface area contributed by atoms with E-state index in [-0.39, 0.29) is 28.7 Å². The number of Topliss-reactive ketones (excluding diaryl/α,β-unsaturated/α-hetero) is 1. The van der Waals surface area contributed by atoms with E-state index >= 15 is 0 Å². The molecular formula is C19H20FNO4S. The van der Waals surface area contributed by atoms with Gasteiger partial charge >= 0.3 is 0 Å². The Morgan fingerprint density at radius 3 is 2.77 bits per heavy atom. The van der Waals surface area contributed by atoms with E-state index in [0.717, 1.165) is 22.9 Å². The fourth-order valence-electron chi connectivity index (χ4n) is 3.16. The van der Waals surface area contributed by atoms with Crippen LogP contribution in [0.1, 0.15) is 26.2 Å². The molecule has 1 fully saturated rings.